The van der Waals surface area contributed by atoms with Gasteiger partial charge in [-0.15, -0.1) is 0 Å². The molecule has 2 heterocycles. The van der Waals surface area contributed by atoms with Crippen molar-refractivity contribution < 1.29 is 9.13 Å². The smallest absolute Gasteiger partial charge is 0.128 e. The summed E-state index contributed by atoms with van der Waals surface area (Å²) in [6, 6.07) is 0. The number of hydrogen-bond acceptors (Lipinski definition) is 3. The van der Waals surface area contributed by atoms with Gasteiger partial charge < -0.3 is 4.74 Å². The highest BCUT2D eigenvalue weighted by Gasteiger charge is 2.36. The first-order valence-electron chi connectivity index (χ1n) is 7.13. The average molecular weight is 258 g/mol. The van der Waals surface area contributed by atoms with Gasteiger partial charge in [-0.05, 0) is 20.8 Å². The van der Waals surface area contributed by atoms with Crippen molar-refractivity contribution in [1.29, 1.82) is 0 Å². The van der Waals surface area contributed by atoms with Gasteiger partial charge in [-0.25, -0.2) is 4.39 Å². The van der Waals surface area contributed by atoms with Crippen LogP contribution in [0.3, 0.4) is 0 Å². The number of ether oxygens (including phenoxy) is 1. The molecule has 18 heavy (non-hydrogen) atoms. The Hall–Kier alpha value is -0.190. The van der Waals surface area contributed by atoms with Crippen LogP contribution in [0.15, 0.2) is 0 Å². The van der Waals surface area contributed by atoms with E-state index < -0.39 is 5.67 Å². The molecule has 2 rings (SSSR count). The number of hydrogen-bond donors (Lipinski definition) is 0. The molecule has 2 saturated heterocycles. The predicted molar refractivity (Wildman–Crippen MR) is 71.7 cm³/mol. The van der Waals surface area contributed by atoms with Crippen LogP contribution in [0.1, 0.15) is 33.6 Å². The third kappa shape index (κ3) is 3.65. The molecule has 0 amide bonds. The van der Waals surface area contributed by atoms with E-state index in [0.717, 1.165) is 26.2 Å². The topological polar surface area (TPSA) is 15.7 Å². The van der Waals surface area contributed by atoms with Crippen LogP contribution in [0.4, 0.5) is 4.39 Å². The van der Waals surface area contributed by atoms with Crippen molar-refractivity contribution in [1.82, 2.24) is 9.80 Å². The molecular weight excluding hydrogens is 231 g/mol. The number of rotatable bonds is 2. The standard InChI is InChI=1S/C14H27FN2O/c1-13(2,3)17-8-6-16(7-9-17)12-14(15)4-10-18-11-5-14/h4-12H2,1-3H3. The van der Waals surface area contributed by atoms with Crippen molar-refractivity contribution in [2.75, 3.05) is 45.9 Å². The second kappa shape index (κ2) is 5.43. The van der Waals surface area contributed by atoms with Crippen LogP contribution in [-0.2, 0) is 4.74 Å². The average Bonchev–Trinajstić information content (AvgIpc) is 2.29. The van der Waals surface area contributed by atoms with Gasteiger partial charge in [0.15, 0.2) is 0 Å². The van der Waals surface area contributed by atoms with Gasteiger partial charge in [0, 0.05) is 64.3 Å². The summed E-state index contributed by atoms with van der Waals surface area (Å²) in [5.74, 6) is 0. The molecule has 3 nitrogen and oxygen atoms in total. The van der Waals surface area contributed by atoms with Gasteiger partial charge in [-0.1, -0.05) is 0 Å². The van der Waals surface area contributed by atoms with Crippen molar-refractivity contribution in [3.8, 4) is 0 Å². The molecule has 2 aliphatic rings. The van der Waals surface area contributed by atoms with Gasteiger partial charge in [-0.3, -0.25) is 9.80 Å². The Labute approximate surface area is 110 Å². The normalized spacial score (nSPS) is 27.3. The molecule has 0 unspecified atom stereocenters. The zero-order chi connectivity index (χ0) is 13.2. The molecule has 0 saturated carbocycles. The van der Waals surface area contributed by atoms with Gasteiger partial charge in [0.1, 0.15) is 5.67 Å². The lowest BCUT2D eigenvalue weighted by molar-refractivity contribution is -0.0384. The Morgan fingerprint density at radius 3 is 2.11 bits per heavy atom. The van der Waals surface area contributed by atoms with E-state index in [4.69, 9.17) is 4.74 Å². The summed E-state index contributed by atoms with van der Waals surface area (Å²) in [6.07, 6.45) is 1.12. The Morgan fingerprint density at radius 1 is 1.06 bits per heavy atom. The van der Waals surface area contributed by atoms with Crippen molar-refractivity contribution in [3.63, 3.8) is 0 Å². The molecule has 0 N–H and O–H groups in total. The first-order chi connectivity index (χ1) is 8.39. The molecule has 0 aliphatic carbocycles. The molecule has 2 aliphatic heterocycles. The monoisotopic (exact) mass is 258 g/mol. The molecule has 0 bridgehead atoms. The molecular formula is C14H27FN2O. The summed E-state index contributed by atoms with van der Waals surface area (Å²) in [4.78, 5) is 4.77. The number of alkyl halides is 1. The van der Waals surface area contributed by atoms with Gasteiger partial charge in [-0.2, -0.15) is 0 Å². The van der Waals surface area contributed by atoms with E-state index in [-0.39, 0.29) is 5.54 Å². The van der Waals surface area contributed by atoms with Gasteiger partial charge >= 0.3 is 0 Å². The number of nitrogens with zero attached hydrogens (tertiary/aromatic N) is 2. The van der Waals surface area contributed by atoms with E-state index in [2.05, 4.69) is 30.6 Å². The molecule has 106 valence electrons. The lowest BCUT2D eigenvalue weighted by Crippen LogP contribution is -2.56. The SMILES string of the molecule is CC(C)(C)N1CCN(CC2(F)CCOCC2)CC1. The summed E-state index contributed by atoms with van der Waals surface area (Å²) >= 11 is 0. The molecule has 0 radical (unpaired) electrons. The Bertz CT molecular complexity index is 263. The third-order valence-corrected chi connectivity index (χ3v) is 4.22. The van der Waals surface area contributed by atoms with Crippen LogP contribution in [0.25, 0.3) is 0 Å². The summed E-state index contributed by atoms with van der Waals surface area (Å²) in [5.41, 5.74) is -0.777. The first-order valence-corrected chi connectivity index (χ1v) is 7.13. The molecule has 0 aromatic carbocycles. The minimum Gasteiger partial charge on any atom is -0.381 e. The minimum atomic E-state index is -1.01. The van der Waals surface area contributed by atoms with E-state index in [9.17, 15) is 4.39 Å². The maximum absolute atomic E-state index is 14.6. The highest BCUT2D eigenvalue weighted by Crippen LogP contribution is 2.27. The zero-order valence-corrected chi connectivity index (χ0v) is 12.0. The van der Waals surface area contributed by atoms with Crippen LogP contribution >= 0.6 is 0 Å². The Morgan fingerprint density at radius 2 is 1.61 bits per heavy atom. The lowest BCUT2D eigenvalue weighted by Gasteiger charge is -2.44. The Balaban J connectivity index is 1.79. The van der Waals surface area contributed by atoms with Crippen LogP contribution in [-0.4, -0.2) is 66.9 Å². The van der Waals surface area contributed by atoms with E-state index in [1.165, 1.54) is 0 Å². The van der Waals surface area contributed by atoms with Crippen molar-refractivity contribution in [3.05, 3.63) is 0 Å². The van der Waals surface area contributed by atoms with E-state index in [1.54, 1.807) is 0 Å². The molecule has 4 heteroatoms. The fourth-order valence-corrected chi connectivity index (χ4v) is 2.87. The van der Waals surface area contributed by atoms with Gasteiger partial charge in [0.2, 0.25) is 0 Å². The molecule has 0 aromatic rings. The van der Waals surface area contributed by atoms with Crippen LogP contribution in [0, 0.1) is 0 Å². The van der Waals surface area contributed by atoms with Crippen LogP contribution in [0.5, 0.6) is 0 Å². The maximum Gasteiger partial charge on any atom is 0.128 e. The summed E-state index contributed by atoms with van der Waals surface area (Å²) in [5, 5.41) is 0. The second-order valence-corrected chi connectivity index (χ2v) is 6.70. The first kappa shape index (κ1) is 14.2. The summed E-state index contributed by atoms with van der Waals surface area (Å²) in [7, 11) is 0. The van der Waals surface area contributed by atoms with Crippen molar-refractivity contribution in [2.24, 2.45) is 0 Å². The van der Waals surface area contributed by atoms with Crippen molar-refractivity contribution >= 4 is 0 Å². The number of halogens is 1. The quantitative estimate of drug-likeness (QED) is 0.752. The Kier molecular flexibility index (Phi) is 4.29. The summed E-state index contributed by atoms with van der Waals surface area (Å²) in [6.45, 7) is 12.6. The zero-order valence-electron chi connectivity index (χ0n) is 12.0. The highest BCUT2D eigenvalue weighted by atomic mass is 19.1. The third-order valence-electron chi connectivity index (χ3n) is 4.22. The molecule has 0 atom stereocenters. The van der Waals surface area contributed by atoms with E-state index in [1.807, 2.05) is 0 Å². The van der Waals surface area contributed by atoms with Crippen molar-refractivity contribution in [2.45, 2.75) is 44.8 Å². The lowest BCUT2D eigenvalue weighted by atomic mass is 9.95. The largest absolute Gasteiger partial charge is 0.381 e. The maximum atomic E-state index is 14.6. The summed E-state index contributed by atoms with van der Waals surface area (Å²) < 4.78 is 19.8. The highest BCUT2D eigenvalue weighted by molar-refractivity contribution is 4.88. The van der Waals surface area contributed by atoms with E-state index >= 15 is 0 Å². The van der Waals surface area contributed by atoms with Crippen LogP contribution < -0.4 is 0 Å². The molecule has 0 spiro atoms. The van der Waals surface area contributed by atoms with Gasteiger partial charge in [0.05, 0.1) is 0 Å². The van der Waals surface area contributed by atoms with Gasteiger partial charge in [0.25, 0.3) is 0 Å². The molecule has 2 fully saturated rings. The fraction of sp³-hybridized carbons (Fsp3) is 1.00. The fourth-order valence-electron chi connectivity index (χ4n) is 2.87. The minimum absolute atomic E-state index is 0.234. The second-order valence-electron chi connectivity index (χ2n) is 6.70. The predicted octanol–water partition coefficient (Wildman–Crippen LogP) is 1.92. The number of piperazine rings is 1. The van der Waals surface area contributed by atoms with Crippen LogP contribution in [0.2, 0.25) is 0 Å². The van der Waals surface area contributed by atoms with E-state index in [0.29, 0.717) is 32.6 Å². The molecule has 0 aromatic heterocycles.